The van der Waals surface area contributed by atoms with Gasteiger partial charge in [0.25, 0.3) is 0 Å². The van der Waals surface area contributed by atoms with Crippen LogP contribution in [0.25, 0.3) is 0 Å². The number of carbonyl (C=O) groups excluding carboxylic acids is 1. The molecule has 5 nitrogen and oxygen atoms in total. The lowest BCUT2D eigenvalue weighted by Gasteiger charge is -2.11. The first kappa shape index (κ1) is 14.7. The Bertz CT molecular complexity index is 458. The molecule has 0 aromatic heterocycles. The number of carbonyl (C=O) groups is 1. The summed E-state index contributed by atoms with van der Waals surface area (Å²) in [5.41, 5.74) is 1.00. The van der Waals surface area contributed by atoms with Gasteiger partial charge in [0.05, 0.1) is 20.8 Å². The largest absolute Gasteiger partial charge is 0.497 e. The van der Waals surface area contributed by atoms with Crippen LogP contribution in [-0.4, -0.2) is 33.2 Å². The van der Waals surface area contributed by atoms with Crippen molar-refractivity contribution in [2.75, 3.05) is 27.3 Å². The molecule has 0 unspecified atom stereocenters. The zero-order chi connectivity index (χ0) is 14.4. The van der Waals surface area contributed by atoms with Gasteiger partial charge in [-0.05, 0) is 24.8 Å². The lowest BCUT2D eigenvalue weighted by Crippen LogP contribution is -2.34. The predicted octanol–water partition coefficient (Wildman–Crippen LogP) is 1.32. The Balaban J connectivity index is 1.76. The molecule has 0 aliphatic heterocycles. The second kappa shape index (κ2) is 7.14. The smallest absolute Gasteiger partial charge is 0.233 e. The molecule has 1 aromatic rings. The van der Waals surface area contributed by atoms with Crippen LogP contribution < -0.4 is 20.1 Å². The molecule has 2 rings (SSSR count). The predicted molar refractivity (Wildman–Crippen MR) is 77.0 cm³/mol. The molecule has 20 heavy (non-hydrogen) atoms. The van der Waals surface area contributed by atoms with Crippen molar-refractivity contribution in [1.29, 1.82) is 0 Å². The maximum absolute atomic E-state index is 11.6. The van der Waals surface area contributed by atoms with Gasteiger partial charge >= 0.3 is 0 Å². The Kier molecular flexibility index (Phi) is 5.24. The van der Waals surface area contributed by atoms with Gasteiger partial charge in [-0.15, -0.1) is 0 Å². The van der Waals surface area contributed by atoms with Crippen LogP contribution in [0.2, 0.25) is 0 Å². The van der Waals surface area contributed by atoms with E-state index in [1.165, 1.54) is 12.8 Å². The monoisotopic (exact) mass is 278 g/mol. The molecule has 0 spiro atoms. The van der Waals surface area contributed by atoms with Crippen molar-refractivity contribution in [3.8, 4) is 11.5 Å². The minimum absolute atomic E-state index is 0.0457. The Morgan fingerprint density at radius 3 is 2.75 bits per heavy atom. The molecule has 0 bridgehead atoms. The first-order chi connectivity index (χ1) is 9.72. The fraction of sp³-hybridized carbons (Fsp3) is 0.533. The van der Waals surface area contributed by atoms with Crippen LogP contribution in [0.3, 0.4) is 0 Å². The zero-order valence-electron chi connectivity index (χ0n) is 12.1. The number of amides is 1. The quantitative estimate of drug-likeness (QED) is 0.753. The average Bonchev–Trinajstić information content (AvgIpc) is 3.29. The third-order valence-electron chi connectivity index (χ3n) is 3.38. The van der Waals surface area contributed by atoms with E-state index in [4.69, 9.17) is 9.47 Å². The standard InChI is InChI=1S/C15H22N2O3/c1-19-13-6-5-12(14(7-13)20-2)9-16-10-15(18)17-8-11-3-4-11/h5-7,11,16H,3-4,8-10H2,1-2H3,(H,17,18). The van der Waals surface area contributed by atoms with Crippen LogP contribution >= 0.6 is 0 Å². The second-order valence-electron chi connectivity index (χ2n) is 5.03. The molecule has 1 aromatic carbocycles. The minimum Gasteiger partial charge on any atom is -0.497 e. The number of hydrogen-bond acceptors (Lipinski definition) is 4. The summed E-state index contributed by atoms with van der Waals surface area (Å²) in [5, 5.41) is 6.05. The lowest BCUT2D eigenvalue weighted by molar-refractivity contribution is -0.120. The van der Waals surface area contributed by atoms with Gasteiger partial charge in [0, 0.05) is 24.7 Å². The number of benzene rings is 1. The number of rotatable bonds is 8. The van der Waals surface area contributed by atoms with Gasteiger partial charge < -0.3 is 20.1 Å². The summed E-state index contributed by atoms with van der Waals surface area (Å²) in [4.78, 5) is 11.6. The van der Waals surface area contributed by atoms with Crippen LogP contribution in [0.4, 0.5) is 0 Å². The van der Waals surface area contributed by atoms with E-state index in [1.54, 1.807) is 14.2 Å². The summed E-state index contributed by atoms with van der Waals surface area (Å²) < 4.78 is 10.5. The topological polar surface area (TPSA) is 59.6 Å². The lowest BCUT2D eigenvalue weighted by atomic mass is 10.2. The van der Waals surface area contributed by atoms with Crippen molar-refractivity contribution in [3.63, 3.8) is 0 Å². The van der Waals surface area contributed by atoms with E-state index in [9.17, 15) is 4.79 Å². The molecule has 110 valence electrons. The molecule has 0 radical (unpaired) electrons. The summed E-state index contributed by atoms with van der Waals surface area (Å²) in [5.74, 6) is 2.27. The molecule has 1 amide bonds. The fourth-order valence-electron chi connectivity index (χ4n) is 1.95. The van der Waals surface area contributed by atoms with Gasteiger partial charge in [-0.1, -0.05) is 6.07 Å². The van der Waals surface area contributed by atoms with Gasteiger partial charge in [0.1, 0.15) is 11.5 Å². The highest BCUT2D eigenvalue weighted by molar-refractivity contribution is 5.78. The van der Waals surface area contributed by atoms with E-state index in [0.717, 1.165) is 23.6 Å². The first-order valence-electron chi connectivity index (χ1n) is 6.91. The van der Waals surface area contributed by atoms with E-state index in [-0.39, 0.29) is 5.91 Å². The van der Waals surface area contributed by atoms with E-state index in [0.29, 0.717) is 19.0 Å². The average molecular weight is 278 g/mol. The van der Waals surface area contributed by atoms with Crippen LogP contribution in [0, 0.1) is 5.92 Å². The molecule has 0 saturated heterocycles. The highest BCUT2D eigenvalue weighted by atomic mass is 16.5. The third-order valence-corrected chi connectivity index (χ3v) is 3.38. The third kappa shape index (κ3) is 4.42. The molecule has 1 saturated carbocycles. The Hall–Kier alpha value is -1.75. The normalized spacial score (nSPS) is 13.9. The molecule has 0 atom stereocenters. The minimum atomic E-state index is 0.0457. The number of ether oxygens (including phenoxy) is 2. The van der Waals surface area contributed by atoms with E-state index >= 15 is 0 Å². The van der Waals surface area contributed by atoms with Crippen molar-refractivity contribution in [1.82, 2.24) is 10.6 Å². The molecule has 1 aliphatic rings. The maximum Gasteiger partial charge on any atom is 0.233 e. The van der Waals surface area contributed by atoms with E-state index in [1.807, 2.05) is 18.2 Å². The van der Waals surface area contributed by atoms with Gasteiger partial charge in [-0.3, -0.25) is 4.79 Å². The van der Waals surface area contributed by atoms with Gasteiger partial charge in [-0.25, -0.2) is 0 Å². The van der Waals surface area contributed by atoms with E-state index < -0.39 is 0 Å². The SMILES string of the molecule is COc1ccc(CNCC(=O)NCC2CC2)c(OC)c1. The molecule has 0 heterocycles. The Labute approximate surface area is 119 Å². The summed E-state index contributed by atoms with van der Waals surface area (Å²) >= 11 is 0. The number of nitrogens with one attached hydrogen (secondary N) is 2. The molecule has 2 N–H and O–H groups in total. The zero-order valence-corrected chi connectivity index (χ0v) is 12.1. The van der Waals surface area contributed by atoms with Crippen molar-refractivity contribution < 1.29 is 14.3 Å². The molecule has 5 heteroatoms. The molecular weight excluding hydrogens is 256 g/mol. The van der Waals surface area contributed by atoms with Gasteiger partial charge in [0.15, 0.2) is 0 Å². The van der Waals surface area contributed by atoms with Crippen molar-refractivity contribution in [3.05, 3.63) is 23.8 Å². The molecule has 1 fully saturated rings. The van der Waals surface area contributed by atoms with E-state index in [2.05, 4.69) is 10.6 Å². The Morgan fingerprint density at radius 1 is 1.30 bits per heavy atom. The van der Waals surface area contributed by atoms with Gasteiger partial charge in [0.2, 0.25) is 5.91 Å². The number of methoxy groups -OCH3 is 2. The van der Waals surface area contributed by atoms with Crippen molar-refractivity contribution in [2.45, 2.75) is 19.4 Å². The fourth-order valence-corrected chi connectivity index (χ4v) is 1.95. The first-order valence-corrected chi connectivity index (χ1v) is 6.91. The van der Waals surface area contributed by atoms with Crippen LogP contribution in [0.1, 0.15) is 18.4 Å². The Morgan fingerprint density at radius 2 is 2.10 bits per heavy atom. The van der Waals surface area contributed by atoms with Gasteiger partial charge in [-0.2, -0.15) is 0 Å². The molecular formula is C15H22N2O3. The van der Waals surface area contributed by atoms with Crippen molar-refractivity contribution >= 4 is 5.91 Å². The van der Waals surface area contributed by atoms with Crippen molar-refractivity contribution in [2.24, 2.45) is 5.92 Å². The molecule has 1 aliphatic carbocycles. The van der Waals surface area contributed by atoms with Crippen LogP contribution in [0.15, 0.2) is 18.2 Å². The maximum atomic E-state index is 11.6. The summed E-state index contributed by atoms with van der Waals surface area (Å²) in [7, 11) is 3.25. The summed E-state index contributed by atoms with van der Waals surface area (Å²) in [6, 6.07) is 5.66. The van der Waals surface area contributed by atoms with Crippen LogP contribution in [0.5, 0.6) is 11.5 Å². The highest BCUT2D eigenvalue weighted by Crippen LogP contribution is 2.27. The summed E-state index contributed by atoms with van der Waals surface area (Å²) in [6.07, 6.45) is 2.49. The summed E-state index contributed by atoms with van der Waals surface area (Å²) in [6.45, 7) is 1.72. The highest BCUT2D eigenvalue weighted by Gasteiger charge is 2.21. The second-order valence-corrected chi connectivity index (χ2v) is 5.03. The number of hydrogen-bond donors (Lipinski definition) is 2. The van der Waals surface area contributed by atoms with Crippen LogP contribution in [-0.2, 0) is 11.3 Å².